The van der Waals surface area contributed by atoms with Gasteiger partial charge in [0.15, 0.2) is 0 Å². The van der Waals surface area contributed by atoms with Crippen LogP contribution < -0.4 is 21.7 Å². The fraction of sp³-hybridized carbons (Fsp3) is 0.607. The molecule has 0 radical (unpaired) electrons. The van der Waals surface area contributed by atoms with Gasteiger partial charge in [-0.25, -0.2) is 0 Å². The Morgan fingerprint density at radius 3 is 2.61 bits per heavy atom. The smallest absolute Gasteiger partial charge is 0.251 e. The molecular formula is C28H47N7O3. The van der Waals surface area contributed by atoms with Crippen molar-refractivity contribution >= 4 is 11.6 Å². The lowest BCUT2D eigenvalue weighted by atomic mass is 10.0. The van der Waals surface area contributed by atoms with Crippen LogP contribution in [0.25, 0.3) is 17.0 Å². The van der Waals surface area contributed by atoms with Crippen molar-refractivity contribution in [3.63, 3.8) is 0 Å². The zero-order valence-corrected chi connectivity index (χ0v) is 23.9. The quantitative estimate of drug-likeness (QED) is 0.197. The minimum Gasteiger partial charge on any atom is -0.397 e. The van der Waals surface area contributed by atoms with Gasteiger partial charge in [0.1, 0.15) is 5.69 Å². The second kappa shape index (κ2) is 15.5. The second-order valence-corrected chi connectivity index (χ2v) is 10.4. The highest BCUT2D eigenvalue weighted by molar-refractivity contribution is 5.96. The average Bonchev–Trinajstić information content (AvgIpc) is 3.37. The molecule has 2 aromatic rings. The number of carbonyl (C=O) groups excluding carboxylic acids is 1. The third-order valence-corrected chi connectivity index (χ3v) is 6.55. The Balaban J connectivity index is 2.30. The first-order valence-corrected chi connectivity index (χ1v) is 13.6. The number of nitrogens with zero attached hydrogens (tertiary/aromatic N) is 3. The summed E-state index contributed by atoms with van der Waals surface area (Å²) in [6.45, 7) is 15.2. The van der Waals surface area contributed by atoms with Crippen molar-refractivity contribution in [3.8, 4) is 11.3 Å². The summed E-state index contributed by atoms with van der Waals surface area (Å²) in [5, 5.41) is 27.3. The summed E-state index contributed by atoms with van der Waals surface area (Å²) in [6, 6.07) is 5.88. The number of rotatable bonds is 17. The van der Waals surface area contributed by atoms with E-state index < -0.39 is 5.60 Å². The number of hydrogen-bond acceptors (Lipinski definition) is 8. The number of amides is 1. The van der Waals surface area contributed by atoms with Gasteiger partial charge in [0.05, 0.1) is 30.7 Å². The van der Waals surface area contributed by atoms with Crippen LogP contribution in [0, 0.1) is 5.92 Å². The lowest BCUT2D eigenvalue weighted by Gasteiger charge is -2.28. The average molecular weight is 530 g/mol. The molecule has 0 fully saturated rings. The van der Waals surface area contributed by atoms with Gasteiger partial charge in [-0.3, -0.25) is 9.48 Å². The number of benzene rings is 1. The largest absolute Gasteiger partial charge is 0.397 e. The molecule has 0 saturated carbocycles. The van der Waals surface area contributed by atoms with E-state index in [1.54, 1.807) is 12.3 Å². The van der Waals surface area contributed by atoms with Gasteiger partial charge >= 0.3 is 0 Å². The number of ether oxygens (including phenoxy) is 1. The number of carbonyl (C=O) groups is 1. The van der Waals surface area contributed by atoms with Gasteiger partial charge in [-0.2, -0.15) is 0 Å². The van der Waals surface area contributed by atoms with E-state index in [4.69, 9.17) is 15.6 Å². The maximum absolute atomic E-state index is 13.0. The number of nitrogens with two attached hydrogens (primary N) is 1. The second-order valence-electron chi connectivity index (χ2n) is 10.4. The van der Waals surface area contributed by atoms with E-state index in [-0.39, 0.29) is 19.1 Å². The summed E-state index contributed by atoms with van der Waals surface area (Å²) in [5.74, 6) is 0.305. The highest BCUT2D eigenvalue weighted by Crippen LogP contribution is 2.24. The van der Waals surface area contributed by atoms with Crippen LogP contribution in [0.15, 0.2) is 30.6 Å². The van der Waals surface area contributed by atoms with Crippen LogP contribution in [-0.4, -0.2) is 70.5 Å². The van der Waals surface area contributed by atoms with Crippen LogP contribution in [-0.2, 0) is 11.3 Å². The molecule has 0 spiro atoms. The number of aromatic nitrogens is 3. The molecule has 1 aromatic heterocycles. The van der Waals surface area contributed by atoms with E-state index in [1.165, 1.54) is 0 Å². The molecule has 0 aliphatic carbocycles. The fourth-order valence-electron chi connectivity index (χ4n) is 3.71. The highest BCUT2D eigenvalue weighted by atomic mass is 16.5. The van der Waals surface area contributed by atoms with Crippen molar-refractivity contribution in [2.24, 2.45) is 11.7 Å². The highest BCUT2D eigenvalue weighted by Gasteiger charge is 2.22. The van der Waals surface area contributed by atoms with E-state index in [0.717, 1.165) is 24.9 Å². The predicted octanol–water partition coefficient (Wildman–Crippen LogP) is 2.74. The standard InChI is InChI=1S/C28H47N7O3/c1-7-21(5)17-35-18-26(33-34-35)23-13-22(14-24(15-23)27(37)32-10-9-31-20(3)4)25(29)16-30-19-28(6,8-2)38-12-11-36/h13-16,18,20-21,30-31,36H,7-12,17,19,29H2,1-6H3,(H,32,37)/b25-16-. The van der Waals surface area contributed by atoms with E-state index in [2.05, 4.69) is 54.0 Å². The van der Waals surface area contributed by atoms with Gasteiger partial charge in [0.25, 0.3) is 5.91 Å². The first-order chi connectivity index (χ1) is 18.1. The SMILES string of the molecule is CCC(C)Cn1cc(-c2cc(C(=O)NCCNC(C)C)cc(/C(N)=C/NCC(C)(CC)OCCO)c2)nn1. The third kappa shape index (κ3) is 10.1. The van der Waals surface area contributed by atoms with Crippen molar-refractivity contribution in [3.05, 3.63) is 41.7 Å². The zero-order valence-electron chi connectivity index (χ0n) is 23.9. The Hall–Kier alpha value is -2.95. The van der Waals surface area contributed by atoms with Crippen LogP contribution >= 0.6 is 0 Å². The Labute approximate surface area is 227 Å². The van der Waals surface area contributed by atoms with Crippen LogP contribution in [0.5, 0.6) is 0 Å². The van der Waals surface area contributed by atoms with Crippen molar-refractivity contribution in [1.29, 1.82) is 0 Å². The number of aliphatic hydroxyl groups excluding tert-OH is 1. The monoisotopic (exact) mass is 529 g/mol. The predicted molar refractivity (Wildman–Crippen MR) is 152 cm³/mol. The molecule has 6 N–H and O–H groups in total. The molecule has 10 heteroatoms. The Morgan fingerprint density at radius 1 is 1.21 bits per heavy atom. The van der Waals surface area contributed by atoms with E-state index in [0.29, 0.717) is 54.1 Å². The molecular weight excluding hydrogens is 482 g/mol. The molecule has 2 unspecified atom stereocenters. The first kappa shape index (κ1) is 31.3. The molecule has 38 heavy (non-hydrogen) atoms. The minimum atomic E-state index is -0.440. The number of hydrogen-bond donors (Lipinski definition) is 5. The Bertz CT molecular complexity index is 1040. The lowest BCUT2D eigenvalue weighted by Crippen LogP contribution is -2.39. The van der Waals surface area contributed by atoms with Crippen LogP contribution in [0.3, 0.4) is 0 Å². The summed E-state index contributed by atoms with van der Waals surface area (Å²) in [6.07, 6.45) is 5.45. The van der Waals surface area contributed by atoms with Crippen LogP contribution in [0.4, 0.5) is 0 Å². The first-order valence-electron chi connectivity index (χ1n) is 13.6. The third-order valence-electron chi connectivity index (χ3n) is 6.55. The topological polar surface area (TPSA) is 139 Å². The van der Waals surface area contributed by atoms with Crippen LogP contribution in [0.1, 0.15) is 70.3 Å². The van der Waals surface area contributed by atoms with Crippen molar-refractivity contribution in [2.45, 2.75) is 72.6 Å². The number of nitrogens with one attached hydrogen (secondary N) is 3. The number of aliphatic hydroxyl groups is 1. The summed E-state index contributed by atoms with van der Waals surface area (Å²) in [5.41, 5.74) is 9.15. The maximum atomic E-state index is 13.0. The Morgan fingerprint density at radius 2 is 1.95 bits per heavy atom. The van der Waals surface area contributed by atoms with Crippen molar-refractivity contribution < 1.29 is 14.6 Å². The summed E-state index contributed by atoms with van der Waals surface area (Å²) >= 11 is 0. The van der Waals surface area contributed by atoms with E-state index in [9.17, 15) is 4.79 Å². The van der Waals surface area contributed by atoms with Gasteiger partial charge in [-0.15, -0.1) is 5.10 Å². The van der Waals surface area contributed by atoms with Gasteiger partial charge in [-0.05, 0) is 37.5 Å². The molecule has 10 nitrogen and oxygen atoms in total. The van der Waals surface area contributed by atoms with Gasteiger partial charge in [-0.1, -0.05) is 46.3 Å². The maximum Gasteiger partial charge on any atom is 0.251 e. The molecule has 1 aromatic carbocycles. The molecule has 0 aliphatic rings. The van der Waals surface area contributed by atoms with Gasteiger partial charge in [0.2, 0.25) is 0 Å². The molecule has 1 heterocycles. The summed E-state index contributed by atoms with van der Waals surface area (Å²) in [7, 11) is 0. The summed E-state index contributed by atoms with van der Waals surface area (Å²) < 4.78 is 7.62. The van der Waals surface area contributed by atoms with Gasteiger partial charge in [0, 0.05) is 55.1 Å². The lowest BCUT2D eigenvalue weighted by molar-refractivity contribution is -0.0448. The molecule has 212 valence electrons. The zero-order chi connectivity index (χ0) is 28.1. The molecule has 2 atom stereocenters. The summed E-state index contributed by atoms with van der Waals surface area (Å²) in [4.78, 5) is 13.0. The van der Waals surface area contributed by atoms with E-state index in [1.807, 2.05) is 36.9 Å². The van der Waals surface area contributed by atoms with Gasteiger partial charge < -0.3 is 31.5 Å². The van der Waals surface area contributed by atoms with Crippen LogP contribution in [0.2, 0.25) is 0 Å². The molecule has 0 saturated heterocycles. The fourth-order valence-corrected chi connectivity index (χ4v) is 3.71. The minimum absolute atomic E-state index is 0.0271. The van der Waals surface area contributed by atoms with Crippen molar-refractivity contribution in [1.82, 2.24) is 30.9 Å². The molecule has 1 amide bonds. The van der Waals surface area contributed by atoms with Crippen molar-refractivity contribution in [2.75, 3.05) is 32.8 Å². The normalized spacial score (nSPS) is 14.4. The Kier molecular flexibility index (Phi) is 12.7. The molecule has 0 bridgehead atoms. The molecule has 2 rings (SSSR count). The van der Waals surface area contributed by atoms with E-state index >= 15 is 0 Å². The molecule has 0 aliphatic heterocycles.